The number of hydrogen-bond donors (Lipinski definition) is 4. The molecule has 190 valence electrons. The van der Waals surface area contributed by atoms with Crippen LogP contribution in [0.5, 0.6) is 11.5 Å². The van der Waals surface area contributed by atoms with Crippen LogP contribution in [0.2, 0.25) is 20.1 Å². The average Bonchev–Trinajstić information content (AvgIpc) is 2.75. The molecule has 0 saturated carbocycles. The molecule has 0 aliphatic carbocycles. The molecule has 2 aromatic rings. The number of hydrogen-bond acceptors (Lipinski definition) is 6. The molecule has 6 nitrogen and oxygen atoms in total. The van der Waals surface area contributed by atoms with Gasteiger partial charge >= 0.3 is 0 Å². The lowest BCUT2D eigenvalue weighted by Gasteiger charge is -2.08. The highest BCUT2D eigenvalue weighted by atomic mass is 35.5. The van der Waals surface area contributed by atoms with Crippen LogP contribution in [0.15, 0.2) is 24.3 Å². The summed E-state index contributed by atoms with van der Waals surface area (Å²) in [5.41, 5.74) is 0.700. The second-order valence-corrected chi connectivity index (χ2v) is 8.82. The van der Waals surface area contributed by atoms with Gasteiger partial charge in [0.2, 0.25) is 0 Å². The number of aromatic hydroxyl groups is 2. The van der Waals surface area contributed by atoms with Crippen molar-refractivity contribution in [1.29, 1.82) is 0 Å². The molecule has 0 amide bonds. The number of carbonyl (C=O) groups excluding carboxylic acids is 2. The maximum absolute atomic E-state index is 12.2. The van der Waals surface area contributed by atoms with Gasteiger partial charge in [0, 0.05) is 11.1 Å². The van der Waals surface area contributed by atoms with Crippen molar-refractivity contribution in [2.24, 2.45) is 0 Å². The zero-order valence-electron chi connectivity index (χ0n) is 18.0. The highest BCUT2D eigenvalue weighted by Gasteiger charge is 2.13. The summed E-state index contributed by atoms with van der Waals surface area (Å²) in [6.45, 7) is 1.71. The first kappa shape index (κ1) is 33.0. The Morgan fingerprint density at radius 2 is 0.912 bits per heavy atom. The highest BCUT2D eigenvalue weighted by Crippen LogP contribution is 2.33. The van der Waals surface area contributed by atoms with Crippen LogP contribution in [0.1, 0.15) is 46.4 Å². The van der Waals surface area contributed by atoms with Crippen molar-refractivity contribution in [2.75, 3.05) is 26.2 Å². The second kappa shape index (κ2) is 16.7. The van der Waals surface area contributed by atoms with E-state index in [2.05, 4.69) is 10.6 Å². The van der Waals surface area contributed by atoms with Gasteiger partial charge in [-0.1, -0.05) is 59.2 Å². The molecule has 12 heteroatoms. The maximum Gasteiger partial charge on any atom is 0.176 e. The van der Waals surface area contributed by atoms with Gasteiger partial charge in [-0.2, -0.15) is 0 Å². The van der Waals surface area contributed by atoms with Crippen molar-refractivity contribution in [3.63, 3.8) is 0 Å². The van der Waals surface area contributed by atoms with Gasteiger partial charge in [0.25, 0.3) is 0 Å². The van der Waals surface area contributed by atoms with E-state index >= 15 is 0 Å². The minimum absolute atomic E-state index is 0. The first-order chi connectivity index (χ1) is 15.2. The van der Waals surface area contributed by atoms with Gasteiger partial charge < -0.3 is 20.8 Å². The number of halogens is 6. The van der Waals surface area contributed by atoms with Crippen LogP contribution in [-0.2, 0) is 0 Å². The standard InChI is InChI=1S/C22H24Cl4N2O4.2ClH/c23-15-7-13(8-16(24)21(15)31)19(29)11-27-5-3-1-2-4-6-28-12-20(30)14-9-17(25)22(32)18(26)10-14;;/h7-10,27-28,31-32H,1-6,11-12H2;2*1H. The van der Waals surface area contributed by atoms with Crippen molar-refractivity contribution in [3.8, 4) is 11.5 Å². The van der Waals surface area contributed by atoms with E-state index in [0.29, 0.717) is 24.2 Å². The fourth-order valence-electron chi connectivity index (χ4n) is 2.91. The average molecular weight is 595 g/mol. The lowest BCUT2D eigenvalue weighted by molar-refractivity contribution is 0.0983. The van der Waals surface area contributed by atoms with Gasteiger partial charge in [-0.25, -0.2) is 0 Å². The van der Waals surface area contributed by atoms with E-state index in [9.17, 15) is 19.8 Å². The normalized spacial score (nSPS) is 10.4. The van der Waals surface area contributed by atoms with Crippen molar-refractivity contribution >= 4 is 82.8 Å². The Morgan fingerprint density at radius 3 is 1.21 bits per heavy atom. The van der Waals surface area contributed by atoms with E-state index in [1.807, 2.05) is 0 Å². The van der Waals surface area contributed by atoms with Gasteiger partial charge in [-0.15, -0.1) is 24.8 Å². The van der Waals surface area contributed by atoms with Crippen molar-refractivity contribution in [3.05, 3.63) is 55.5 Å². The minimum atomic E-state index is -0.231. The molecule has 0 atom stereocenters. The fourth-order valence-corrected chi connectivity index (χ4v) is 3.89. The number of Topliss-reactive ketones (excluding diaryl/α,β-unsaturated/α-hetero) is 2. The Morgan fingerprint density at radius 1 is 0.618 bits per heavy atom. The van der Waals surface area contributed by atoms with E-state index in [-0.39, 0.29) is 81.1 Å². The van der Waals surface area contributed by atoms with Gasteiger partial charge in [0.05, 0.1) is 33.2 Å². The number of unbranched alkanes of at least 4 members (excludes halogenated alkanes) is 3. The summed E-state index contributed by atoms with van der Waals surface area (Å²) in [6.07, 6.45) is 3.79. The van der Waals surface area contributed by atoms with Gasteiger partial charge in [0.15, 0.2) is 23.1 Å². The third kappa shape index (κ3) is 10.3. The minimum Gasteiger partial charge on any atom is -0.505 e. The largest absolute Gasteiger partial charge is 0.505 e. The van der Waals surface area contributed by atoms with Crippen molar-refractivity contribution < 1.29 is 19.8 Å². The van der Waals surface area contributed by atoms with Gasteiger partial charge in [-0.3, -0.25) is 9.59 Å². The third-order valence-electron chi connectivity index (χ3n) is 4.71. The van der Waals surface area contributed by atoms with Gasteiger partial charge in [-0.05, 0) is 50.2 Å². The van der Waals surface area contributed by atoms with Crippen LogP contribution in [-0.4, -0.2) is 48.0 Å². The van der Waals surface area contributed by atoms with E-state index in [1.54, 1.807) is 0 Å². The zero-order valence-corrected chi connectivity index (χ0v) is 22.7. The zero-order chi connectivity index (χ0) is 23.7. The molecule has 0 fully saturated rings. The molecule has 2 rings (SSSR count). The van der Waals surface area contributed by atoms with E-state index < -0.39 is 0 Å². The fraction of sp³-hybridized carbons (Fsp3) is 0.364. The Bertz CT molecular complexity index is 851. The Balaban J connectivity index is 0.00000544. The molecule has 0 aromatic heterocycles. The summed E-state index contributed by atoms with van der Waals surface area (Å²) in [6, 6.07) is 5.59. The molecular weight excluding hydrogens is 569 g/mol. The molecule has 0 heterocycles. The molecule has 0 saturated heterocycles. The summed E-state index contributed by atoms with van der Waals surface area (Å²) >= 11 is 23.3. The van der Waals surface area contributed by atoms with E-state index in [0.717, 1.165) is 25.7 Å². The van der Waals surface area contributed by atoms with Crippen LogP contribution < -0.4 is 10.6 Å². The molecule has 0 aliphatic rings. The predicted molar refractivity (Wildman–Crippen MR) is 144 cm³/mol. The molecule has 4 N–H and O–H groups in total. The second-order valence-electron chi connectivity index (χ2n) is 7.19. The number of phenols is 2. The monoisotopic (exact) mass is 592 g/mol. The molecule has 0 unspecified atom stereocenters. The summed E-state index contributed by atoms with van der Waals surface area (Å²) < 4.78 is 0. The number of rotatable bonds is 13. The highest BCUT2D eigenvalue weighted by molar-refractivity contribution is 6.38. The quantitative estimate of drug-likeness (QED) is 0.159. The molecule has 0 radical (unpaired) electrons. The number of benzene rings is 2. The molecule has 0 aliphatic heterocycles. The van der Waals surface area contributed by atoms with Gasteiger partial charge in [0.1, 0.15) is 0 Å². The molecule has 34 heavy (non-hydrogen) atoms. The number of ketones is 2. The van der Waals surface area contributed by atoms with Crippen LogP contribution in [0.3, 0.4) is 0 Å². The van der Waals surface area contributed by atoms with Crippen LogP contribution >= 0.6 is 71.2 Å². The Hall–Kier alpha value is -0.960. The number of nitrogens with one attached hydrogen (secondary N) is 2. The lowest BCUT2D eigenvalue weighted by Crippen LogP contribution is -2.24. The van der Waals surface area contributed by atoms with Crippen molar-refractivity contribution in [1.82, 2.24) is 10.6 Å². The summed E-state index contributed by atoms with van der Waals surface area (Å²) in [4.78, 5) is 24.3. The Labute approximate surface area is 231 Å². The van der Waals surface area contributed by atoms with Crippen LogP contribution in [0.25, 0.3) is 0 Å². The summed E-state index contributed by atoms with van der Waals surface area (Å²) in [5.74, 6) is -0.769. The smallest absolute Gasteiger partial charge is 0.176 e. The molecule has 0 spiro atoms. The van der Waals surface area contributed by atoms with Crippen molar-refractivity contribution in [2.45, 2.75) is 25.7 Å². The molecule has 0 bridgehead atoms. The molecular formula is C22H26Cl6N2O4. The molecule has 2 aromatic carbocycles. The number of phenolic OH excluding ortho intramolecular Hbond substituents is 2. The maximum atomic E-state index is 12.2. The summed E-state index contributed by atoms with van der Waals surface area (Å²) in [5, 5.41) is 25.4. The SMILES string of the molecule is Cl.Cl.O=C(CNCCCCCCNCC(=O)c1cc(Cl)c(O)c(Cl)c1)c1cc(Cl)c(O)c(Cl)c1. The lowest BCUT2D eigenvalue weighted by atomic mass is 10.1. The number of carbonyl (C=O) groups is 2. The summed E-state index contributed by atoms with van der Waals surface area (Å²) in [7, 11) is 0. The van der Waals surface area contributed by atoms with Crippen LogP contribution in [0, 0.1) is 0 Å². The Kier molecular flexibility index (Phi) is 16.2. The first-order valence-electron chi connectivity index (χ1n) is 10.0. The van der Waals surface area contributed by atoms with Crippen LogP contribution in [0.4, 0.5) is 0 Å². The van der Waals surface area contributed by atoms with E-state index in [1.165, 1.54) is 24.3 Å². The topological polar surface area (TPSA) is 98.7 Å². The first-order valence-corrected chi connectivity index (χ1v) is 11.6. The third-order valence-corrected chi connectivity index (χ3v) is 5.86. The van der Waals surface area contributed by atoms with E-state index in [4.69, 9.17) is 46.4 Å². The predicted octanol–water partition coefficient (Wildman–Crippen LogP) is 6.36.